The number of rotatable bonds is 7. The van der Waals surface area contributed by atoms with Gasteiger partial charge in [0.1, 0.15) is 34.3 Å². The summed E-state index contributed by atoms with van der Waals surface area (Å²) in [6.07, 6.45) is 0.962. The third-order valence-electron chi connectivity index (χ3n) is 7.55. The summed E-state index contributed by atoms with van der Waals surface area (Å²) >= 11 is 0. The van der Waals surface area contributed by atoms with Crippen molar-refractivity contribution in [1.29, 1.82) is 0 Å². The van der Waals surface area contributed by atoms with Gasteiger partial charge in [-0.2, -0.15) is 0 Å². The number of hydrogen-bond acceptors (Lipinski definition) is 7. The summed E-state index contributed by atoms with van der Waals surface area (Å²) in [4.78, 5) is 26.7. The molecule has 0 saturated heterocycles. The highest BCUT2D eigenvalue weighted by atomic mass is 32.2. The third-order valence-corrected chi connectivity index (χ3v) is 8.74. The lowest BCUT2D eigenvalue weighted by Gasteiger charge is -2.21. The first-order valence-corrected chi connectivity index (χ1v) is 15.5. The molecule has 0 aliphatic rings. The van der Waals surface area contributed by atoms with Gasteiger partial charge in [-0.1, -0.05) is 17.3 Å². The van der Waals surface area contributed by atoms with E-state index in [4.69, 9.17) is 4.42 Å². The number of carbonyl (C=O) groups excluding carboxylic acids is 1. The molecule has 0 fully saturated rings. The standard InChI is InChI=1S/C32H24F3N5O5S/c1-36-31(41)29-24-13-22(27(39(2)46(3,43)44)15-28(24)45-30(29)18-6-10-20(34)11-7-18)21-12-23-26(14-25(21)35)37-38-40(32(23)42)16-17-4-8-19(33)9-5-17/h4-15H,16H2,1-3H3,(H,36,41). The van der Waals surface area contributed by atoms with E-state index in [1.807, 2.05) is 0 Å². The van der Waals surface area contributed by atoms with Gasteiger partial charge in [0.2, 0.25) is 10.0 Å². The summed E-state index contributed by atoms with van der Waals surface area (Å²) in [6, 6.07) is 15.7. The summed E-state index contributed by atoms with van der Waals surface area (Å²) in [5.74, 6) is -2.28. The summed E-state index contributed by atoms with van der Waals surface area (Å²) in [7, 11) is -1.24. The number of anilines is 1. The van der Waals surface area contributed by atoms with Crippen molar-refractivity contribution in [2.75, 3.05) is 24.7 Å². The molecule has 234 valence electrons. The van der Waals surface area contributed by atoms with Crippen molar-refractivity contribution < 1.29 is 30.8 Å². The molecule has 10 nitrogen and oxygen atoms in total. The normalized spacial score (nSPS) is 11.7. The summed E-state index contributed by atoms with van der Waals surface area (Å²) < 4.78 is 76.4. The second kappa shape index (κ2) is 11.5. The molecular weight excluding hydrogens is 623 g/mol. The molecule has 1 amide bonds. The minimum absolute atomic E-state index is 0.00948. The molecule has 2 aromatic heterocycles. The zero-order chi connectivity index (χ0) is 32.9. The summed E-state index contributed by atoms with van der Waals surface area (Å²) in [5.41, 5.74) is 0.270. The number of nitrogens with zero attached hydrogens (tertiary/aromatic N) is 4. The minimum atomic E-state index is -3.91. The maximum atomic E-state index is 15.9. The predicted molar refractivity (Wildman–Crippen MR) is 166 cm³/mol. The fourth-order valence-electron chi connectivity index (χ4n) is 5.11. The Morgan fingerprint density at radius 2 is 1.57 bits per heavy atom. The number of benzene rings is 4. The number of furan rings is 1. The van der Waals surface area contributed by atoms with Crippen LogP contribution in [0.3, 0.4) is 0 Å². The summed E-state index contributed by atoms with van der Waals surface area (Å²) in [6.45, 7) is -0.0422. The van der Waals surface area contributed by atoms with Crippen LogP contribution in [0, 0.1) is 17.5 Å². The summed E-state index contributed by atoms with van der Waals surface area (Å²) in [5, 5.41) is 10.6. The van der Waals surface area contributed by atoms with Crippen LogP contribution in [-0.4, -0.2) is 49.7 Å². The van der Waals surface area contributed by atoms with Crippen molar-refractivity contribution in [3.8, 4) is 22.5 Å². The maximum absolute atomic E-state index is 15.9. The Bertz CT molecular complexity index is 2340. The molecule has 0 saturated carbocycles. The number of sulfonamides is 1. The number of amides is 1. The number of aromatic nitrogens is 3. The number of nitrogens with one attached hydrogen (secondary N) is 1. The van der Waals surface area contributed by atoms with E-state index in [-0.39, 0.29) is 56.6 Å². The topological polar surface area (TPSA) is 127 Å². The largest absolute Gasteiger partial charge is 0.455 e. The van der Waals surface area contributed by atoms with Gasteiger partial charge in [-0.3, -0.25) is 13.9 Å². The molecule has 2 heterocycles. The van der Waals surface area contributed by atoms with Gasteiger partial charge in [0.15, 0.2) is 0 Å². The van der Waals surface area contributed by atoms with Gasteiger partial charge in [0, 0.05) is 48.3 Å². The van der Waals surface area contributed by atoms with Crippen molar-refractivity contribution >= 4 is 43.5 Å². The molecule has 46 heavy (non-hydrogen) atoms. The molecule has 6 aromatic rings. The second-order valence-electron chi connectivity index (χ2n) is 10.5. The van der Waals surface area contributed by atoms with Crippen molar-refractivity contribution in [3.63, 3.8) is 0 Å². The quantitative estimate of drug-likeness (QED) is 0.256. The lowest BCUT2D eigenvalue weighted by molar-refractivity contribution is 0.0964. The first-order chi connectivity index (χ1) is 21.8. The van der Waals surface area contributed by atoms with Crippen LogP contribution in [0.25, 0.3) is 44.3 Å². The highest BCUT2D eigenvalue weighted by molar-refractivity contribution is 7.92. The molecular formula is C32H24F3N5O5S. The predicted octanol–water partition coefficient (Wildman–Crippen LogP) is 5.09. The first-order valence-electron chi connectivity index (χ1n) is 13.7. The van der Waals surface area contributed by atoms with Crippen LogP contribution >= 0.6 is 0 Å². The van der Waals surface area contributed by atoms with Crippen LogP contribution in [0.5, 0.6) is 0 Å². The Hall–Kier alpha value is -5.50. The molecule has 6 rings (SSSR count). The first kappa shape index (κ1) is 30.5. The Morgan fingerprint density at radius 1 is 0.935 bits per heavy atom. The molecule has 0 atom stereocenters. The van der Waals surface area contributed by atoms with Crippen molar-refractivity contribution in [2.24, 2.45) is 0 Å². The van der Waals surface area contributed by atoms with Gasteiger partial charge in [0.25, 0.3) is 11.5 Å². The van der Waals surface area contributed by atoms with Gasteiger partial charge in [-0.05, 0) is 54.1 Å². The van der Waals surface area contributed by atoms with Crippen LogP contribution in [0.2, 0.25) is 0 Å². The van der Waals surface area contributed by atoms with Gasteiger partial charge in [0.05, 0.1) is 29.4 Å². The van der Waals surface area contributed by atoms with Crippen LogP contribution < -0.4 is 15.2 Å². The monoisotopic (exact) mass is 647 g/mol. The lowest BCUT2D eigenvalue weighted by atomic mass is 9.97. The molecule has 14 heteroatoms. The van der Waals surface area contributed by atoms with Crippen LogP contribution in [0.4, 0.5) is 18.9 Å². The van der Waals surface area contributed by atoms with Gasteiger partial charge >= 0.3 is 0 Å². The van der Waals surface area contributed by atoms with Crippen molar-refractivity contribution in [2.45, 2.75) is 6.54 Å². The molecule has 0 radical (unpaired) electrons. The number of fused-ring (bicyclic) bond motifs is 2. The number of halogens is 3. The zero-order valence-electron chi connectivity index (χ0n) is 24.5. The maximum Gasteiger partial charge on any atom is 0.277 e. The van der Waals surface area contributed by atoms with E-state index in [1.165, 1.54) is 80.8 Å². The van der Waals surface area contributed by atoms with E-state index < -0.39 is 38.9 Å². The molecule has 1 N–H and O–H groups in total. The third kappa shape index (κ3) is 5.47. The van der Waals surface area contributed by atoms with Crippen molar-refractivity contribution in [3.05, 3.63) is 112 Å². The average molecular weight is 648 g/mol. The molecule has 0 aliphatic heterocycles. The Morgan fingerprint density at radius 3 is 2.20 bits per heavy atom. The van der Waals surface area contributed by atoms with E-state index in [0.29, 0.717) is 11.1 Å². The second-order valence-corrected chi connectivity index (χ2v) is 12.5. The van der Waals surface area contributed by atoms with E-state index in [2.05, 4.69) is 15.6 Å². The Labute approximate surface area is 259 Å². The molecule has 4 aromatic carbocycles. The fraction of sp³-hybridized carbons (Fsp3) is 0.125. The molecule has 0 unspecified atom stereocenters. The van der Waals surface area contributed by atoms with E-state index >= 15 is 4.39 Å². The lowest BCUT2D eigenvalue weighted by Crippen LogP contribution is -2.26. The average Bonchev–Trinajstić information content (AvgIpc) is 3.40. The molecule has 0 spiro atoms. The number of carbonyl (C=O) groups is 1. The molecule has 0 aliphatic carbocycles. The van der Waals surface area contributed by atoms with Gasteiger partial charge < -0.3 is 9.73 Å². The van der Waals surface area contributed by atoms with E-state index in [1.54, 1.807) is 0 Å². The van der Waals surface area contributed by atoms with Crippen LogP contribution in [-0.2, 0) is 16.6 Å². The van der Waals surface area contributed by atoms with Crippen LogP contribution in [0.1, 0.15) is 15.9 Å². The van der Waals surface area contributed by atoms with Crippen LogP contribution in [0.15, 0.2) is 82.0 Å². The van der Waals surface area contributed by atoms with E-state index in [0.717, 1.165) is 21.3 Å². The van der Waals surface area contributed by atoms with Gasteiger partial charge in [-0.15, -0.1) is 5.10 Å². The highest BCUT2D eigenvalue weighted by Crippen LogP contribution is 2.42. The fourth-order valence-corrected chi connectivity index (χ4v) is 5.62. The van der Waals surface area contributed by atoms with Gasteiger partial charge in [-0.25, -0.2) is 26.3 Å². The number of hydrogen-bond donors (Lipinski definition) is 1. The smallest absolute Gasteiger partial charge is 0.277 e. The highest BCUT2D eigenvalue weighted by Gasteiger charge is 2.27. The van der Waals surface area contributed by atoms with Crippen molar-refractivity contribution in [1.82, 2.24) is 20.3 Å². The minimum Gasteiger partial charge on any atom is -0.455 e. The zero-order valence-corrected chi connectivity index (χ0v) is 25.3. The molecule has 0 bridgehead atoms. The Kier molecular flexibility index (Phi) is 7.60. The Balaban J connectivity index is 1.62. The SMILES string of the molecule is CNC(=O)c1c(-c2ccc(F)cc2)oc2cc(N(C)S(C)(=O)=O)c(-c3cc4c(=O)n(Cc5ccc(F)cc5)nnc4cc3F)cc12. The van der Waals surface area contributed by atoms with E-state index in [9.17, 15) is 26.8 Å².